The number of hydrogen-bond acceptors (Lipinski definition) is 1. The Morgan fingerprint density at radius 2 is 2.20 bits per heavy atom. The fourth-order valence-electron chi connectivity index (χ4n) is 2.52. The number of aromatic nitrogens is 1. The molecule has 1 aliphatic rings. The summed E-state index contributed by atoms with van der Waals surface area (Å²) in [4.78, 5) is 0. The molecule has 0 saturated carbocycles. The maximum Gasteiger partial charge on any atom is 0.0483 e. The van der Waals surface area contributed by atoms with Crippen LogP contribution in [-0.2, 0) is 6.54 Å². The first kappa shape index (κ1) is 8.98. The van der Waals surface area contributed by atoms with Gasteiger partial charge in [-0.3, -0.25) is 0 Å². The lowest BCUT2D eigenvalue weighted by Crippen LogP contribution is -2.31. The van der Waals surface area contributed by atoms with Gasteiger partial charge in [-0.1, -0.05) is 11.6 Å². The first-order valence-corrected chi connectivity index (χ1v) is 5.59. The van der Waals surface area contributed by atoms with Crippen molar-refractivity contribution >= 4 is 10.9 Å². The van der Waals surface area contributed by atoms with Gasteiger partial charge in [-0.25, -0.2) is 0 Å². The van der Waals surface area contributed by atoms with Gasteiger partial charge in [-0.15, -0.1) is 0 Å². The van der Waals surface area contributed by atoms with E-state index in [9.17, 15) is 0 Å². The standard InChI is InChI=1S/C13H16N2/c1-9-3-4-12-11(7-9)8-13-10(2)14-5-6-15(12)13/h3-4,7-8,10,14H,5-6H2,1-2H3. The summed E-state index contributed by atoms with van der Waals surface area (Å²) in [5.74, 6) is 0. The average molecular weight is 200 g/mol. The summed E-state index contributed by atoms with van der Waals surface area (Å²) in [7, 11) is 0. The molecule has 1 aliphatic heterocycles. The number of fused-ring (bicyclic) bond motifs is 3. The van der Waals surface area contributed by atoms with E-state index in [1.54, 1.807) is 0 Å². The van der Waals surface area contributed by atoms with Crippen LogP contribution in [0, 0.1) is 6.92 Å². The van der Waals surface area contributed by atoms with E-state index >= 15 is 0 Å². The Hall–Kier alpha value is -1.28. The minimum Gasteiger partial charge on any atom is -0.342 e. The molecule has 0 fully saturated rings. The molecule has 0 saturated heterocycles. The number of rotatable bonds is 0. The summed E-state index contributed by atoms with van der Waals surface area (Å²) in [6, 6.07) is 9.51. The highest BCUT2D eigenvalue weighted by Gasteiger charge is 2.17. The summed E-state index contributed by atoms with van der Waals surface area (Å²) in [5.41, 5.74) is 4.14. The molecule has 0 radical (unpaired) electrons. The van der Waals surface area contributed by atoms with Crippen molar-refractivity contribution < 1.29 is 0 Å². The molecule has 1 aromatic carbocycles. The minimum atomic E-state index is 0.478. The molecule has 2 aromatic rings. The monoisotopic (exact) mass is 200 g/mol. The Balaban J connectivity index is 2.30. The highest BCUT2D eigenvalue weighted by atomic mass is 15.1. The zero-order valence-corrected chi connectivity index (χ0v) is 9.25. The predicted molar refractivity (Wildman–Crippen MR) is 63.1 cm³/mol. The Morgan fingerprint density at radius 3 is 3.07 bits per heavy atom. The van der Waals surface area contributed by atoms with Gasteiger partial charge in [0.2, 0.25) is 0 Å². The molecule has 1 unspecified atom stereocenters. The van der Waals surface area contributed by atoms with E-state index in [1.807, 2.05) is 0 Å². The summed E-state index contributed by atoms with van der Waals surface area (Å²) >= 11 is 0. The Labute approximate surface area is 89.9 Å². The maximum absolute atomic E-state index is 3.49. The highest BCUT2D eigenvalue weighted by molar-refractivity contribution is 5.82. The van der Waals surface area contributed by atoms with Crippen molar-refractivity contribution in [1.29, 1.82) is 0 Å². The van der Waals surface area contributed by atoms with Crippen molar-refractivity contribution in [3.05, 3.63) is 35.5 Å². The number of benzene rings is 1. The molecule has 2 heteroatoms. The predicted octanol–water partition coefficient (Wildman–Crippen LogP) is 2.61. The van der Waals surface area contributed by atoms with E-state index in [4.69, 9.17) is 0 Å². The third-order valence-corrected chi connectivity index (χ3v) is 3.32. The van der Waals surface area contributed by atoms with Gasteiger partial charge in [0.1, 0.15) is 0 Å². The van der Waals surface area contributed by atoms with Crippen LogP contribution in [0.5, 0.6) is 0 Å². The topological polar surface area (TPSA) is 17.0 Å². The van der Waals surface area contributed by atoms with Crippen molar-refractivity contribution in [2.24, 2.45) is 0 Å². The molecule has 2 heterocycles. The lowest BCUT2D eigenvalue weighted by atomic mass is 10.1. The molecule has 3 rings (SSSR count). The molecule has 0 aliphatic carbocycles. The second kappa shape index (κ2) is 3.11. The van der Waals surface area contributed by atoms with Gasteiger partial charge in [-0.2, -0.15) is 0 Å². The van der Waals surface area contributed by atoms with Gasteiger partial charge >= 0.3 is 0 Å². The fraction of sp³-hybridized carbons (Fsp3) is 0.385. The molecule has 0 bridgehead atoms. The molecule has 2 nitrogen and oxygen atoms in total. The smallest absolute Gasteiger partial charge is 0.0483 e. The van der Waals surface area contributed by atoms with Crippen LogP contribution in [0.2, 0.25) is 0 Å². The third kappa shape index (κ3) is 1.29. The van der Waals surface area contributed by atoms with Gasteiger partial charge in [0, 0.05) is 35.7 Å². The van der Waals surface area contributed by atoms with E-state index in [2.05, 4.69) is 48.0 Å². The van der Waals surface area contributed by atoms with E-state index in [0.29, 0.717) is 6.04 Å². The van der Waals surface area contributed by atoms with Gasteiger partial charge in [0.05, 0.1) is 0 Å². The quantitative estimate of drug-likeness (QED) is 0.691. The number of aryl methyl sites for hydroxylation is 1. The molecular formula is C13H16N2. The number of hydrogen-bond donors (Lipinski definition) is 1. The second-order valence-electron chi connectivity index (χ2n) is 4.46. The van der Waals surface area contributed by atoms with E-state index in [0.717, 1.165) is 13.1 Å². The summed E-state index contributed by atoms with van der Waals surface area (Å²) in [5, 5.41) is 4.87. The van der Waals surface area contributed by atoms with Crippen LogP contribution in [0.15, 0.2) is 24.3 Å². The molecule has 1 aromatic heterocycles. The van der Waals surface area contributed by atoms with E-state index in [1.165, 1.54) is 22.2 Å². The Bertz CT molecular complexity index is 510. The summed E-state index contributed by atoms with van der Waals surface area (Å²) < 4.78 is 2.44. The van der Waals surface area contributed by atoms with E-state index < -0.39 is 0 Å². The van der Waals surface area contributed by atoms with Crippen LogP contribution in [-0.4, -0.2) is 11.1 Å². The zero-order chi connectivity index (χ0) is 10.4. The summed E-state index contributed by atoms with van der Waals surface area (Å²) in [6.45, 7) is 6.55. The SMILES string of the molecule is Cc1ccc2c(c1)cc1n2CCNC1C. The minimum absolute atomic E-state index is 0.478. The van der Waals surface area contributed by atoms with Gasteiger partial charge in [0.15, 0.2) is 0 Å². The number of nitrogens with one attached hydrogen (secondary N) is 1. The fourth-order valence-corrected chi connectivity index (χ4v) is 2.52. The van der Waals surface area contributed by atoms with Crippen LogP contribution < -0.4 is 5.32 Å². The first-order chi connectivity index (χ1) is 7.25. The van der Waals surface area contributed by atoms with Crippen LogP contribution >= 0.6 is 0 Å². The van der Waals surface area contributed by atoms with Gasteiger partial charge < -0.3 is 9.88 Å². The van der Waals surface area contributed by atoms with E-state index in [-0.39, 0.29) is 0 Å². The maximum atomic E-state index is 3.49. The molecule has 1 atom stereocenters. The van der Waals surface area contributed by atoms with Crippen molar-refractivity contribution in [3.8, 4) is 0 Å². The van der Waals surface area contributed by atoms with Crippen LogP contribution in [0.4, 0.5) is 0 Å². The largest absolute Gasteiger partial charge is 0.342 e. The van der Waals surface area contributed by atoms with Crippen molar-refractivity contribution in [2.75, 3.05) is 6.54 Å². The summed E-state index contributed by atoms with van der Waals surface area (Å²) in [6.07, 6.45) is 0. The van der Waals surface area contributed by atoms with Gasteiger partial charge in [-0.05, 0) is 32.0 Å². The van der Waals surface area contributed by atoms with Crippen molar-refractivity contribution in [2.45, 2.75) is 26.4 Å². The second-order valence-corrected chi connectivity index (χ2v) is 4.46. The van der Waals surface area contributed by atoms with Crippen molar-refractivity contribution in [3.63, 3.8) is 0 Å². The Morgan fingerprint density at radius 1 is 1.33 bits per heavy atom. The molecule has 1 N–H and O–H groups in total. The lowest BCUT2D eigenvalue weighted by Gasteiger charge is -2.23. The van der Waals surface area contributed by atoms with Gasteiger partial charge in [0.25, 0.3) is 0 Å². The van der Waals surface area contributed by atoms with Crippen LogP contribution in [0.3, 0.4) is 0 Å². The van der Waals surface area contributed by atoms with Crippen LogP contribution in [0.1, 0.15) is 24.2 Å². The van der Waals surface area contributed by atoms with Crippen molar-refractivity contribution in [1.82, 2.24) is 9.88 Å². The highest BCUT2D eigenvalue weighted by Crippen LogP contribution is 2.27. The molecule has 0 amide bonds. The normalized spacial score (nSPS) is 20.5. The first-order valence-electron chi connectivity index (χ1n) is 5.59. The molecule has 15 heavy (non-hydrogen) atoms. The zero-order valence-electron chi connectivity index (χ0n) is 9.25. The molecule has 78 valence electrons. The third-order valence-electron chi connectivity index (χ3n) is 3.32. The molecular weight excluding hydrogens is 184 g/mol. The van der Waals surface area contributed by atoms with Crippen LogP contribution in [0.25, 0.3) is 10.9 Å². The lowest BCUT2D eigenvalue weighted by molar-refractivity contribution is 0.455. The average Bonchev–Trinajstić information content (AvgIpc) is 2.57. The Kier molecular flexibility index (Phi) is 1.86. The molecule has 0 spiro atoms. The number of nitrogens with zero attached hydrogens (tertiary/aromatic N) is 1.